The molecule has 1 fully saturated rings. The van der Waals surface area contributed by atoms with Crippen LogP contribution in [-0.2, 0) is 6.54 Å². The first-order valence-electron chi connectivity index (χ1n) is 7.98. The van der Waals surface area contributed by atoms with E-state index in [-0.39, 0.29) is 5.69 Å². The van der Waals surface area contributed by atoms with Crippen LogP contribution < -0.4 is 5.69 Å². The van der Waals surface area contributed by atoms with Crippen LogP contribution in [-0.4, -0.2) is 14.5 Å². The summed E-state index contributed by atoms with van der Waals surface area (Å²) in [5, 5.41) is 1.06. The van der Waals surface area contributed by atoms with Gasteiger partial charge in [-0.05, 0) is 44.7 Å². The second-order valence-electron chi connectivity index (χ2n) is 6.32. The second-order valence-corrected chi connectivity index (χ2v) is 6.32. The van der Waals surface area contributed by atoms with E-state index in [4.69, 9.17) is 0 Å². The number of rotatable bonds is 2. The van der Waals surface area contributed by atoms with Gasteiger partial charge in [0.05, 0.1) is 5.69 Å². The molecule has 0 bridgehead atoms. The Morgan fingerprint density at radius 2 is 2.10 bits per heavy atom. The highest BCUT2D eigenvalue weighted by Crippen LogP contribution is 2.37. The molecular formula is C17H23N3O. The van der Waals surface area contributed by atoms with Gasteiger partial charge in [0.25, 0.3) is 0 Å². The van der Waals surface area contributed by atoms with Crippen LogP contribution in [0.3, 0.4) is 0 Å². The molecule has 0 radical (unpaired) electrons. The van der Waals surface area contributed by atoms with Gasteiger partial charge in [0.2, 0.25) is 0 Å². The quantitative estimate of drug-likeness (QED) is 0.849. The van der Waals surface area contributed by atoms with Crippen LogP contribution >= 0.6 is 0 Å². The standard InChI is InChI=1S/C17H23N3O/c1-4-20-16-14(9-8-12(3)18-16)15(19-17(20)21)13-7-5-6-11(2)10-13/h8-9,11,13H,4-7,10H2,1-3H3. The predicted molar refractivity (Wildman–Crippen MR) is 84.6 cm³/mol. The summed E-state index contributed by atoms with van der Waals surface area (Å²) in [4.78, 5) is 21.4. The van der Waals surface area contributed by atoms with Crippen molar-refractivity contribution in [2.45, 2.75) is 58.9 Å². The van der Waals surface area contributed by atoms with Crippen molar-refractivity contribution in [2.75, 3.05) is 0 Å². The minimum absolute atomic E-state index is 0.156. The van der Waals surface area contributed by atoms with E-state index in [0.717, 1.165) is 35.3 Å². The molecule has 2 unspecified atom stereocenters. The molecule has 0 aliphatic heterocycles. The lowest BCUT2D eigenvalue weighted by atomic mass is 9.80. The Morgan fingerprint density at radius 3 is 2.81 bits per heavy atom. The summed E-state index contributed by atoms with van der Waals surface area (Å²) >= 11 is 0. The van der Waals surface area contributed by atoms with Gasteiger partial charge in [-0.2, -0.15) is 4.98 Å². The van der Waals surface area contributed by atoms with E-state index in [1.807, 2.05) is 19.9 Å². The molecule has 0 spiro atoms. The Hall–Kier alpha value is -1.71. The third-order valence-corrected chi connectivity index (χ3v) is 4.63. The largest absolute Gasteiger partial charge is 0.349 e. The van der Waals surface area contributed by atoms with Gasteiger partial charge < -0.3 is 0 Å². The van der Waals surface area contributed by atoms with Crippen molar-refractivity contribution in [1.82, 2.24) is 14.5 Å². The van der Waals surface area contributed by atoms with Gasteiger partial charge in [-0.3, -0.25) is 4.57 Å². The lowest BCUT2D eigenvalue weighted by molar-refractivity contribution is 0.340. The average Bonchev–Trinajstić information content (AvgIpc) is 2.46. The Kier molecular flexibility index (Phi) is 3.79. The van der Waals surface area contributed by atoms with Crippen LogP contribution in [0.2, 0.25) is 0 Å². The third-order valence-electron chi connectivity index (χ3n) is 4.63. The summed E-state index contributed by atoms with van der Waals surface area (Å²) < 4.78 is 1.68. The van der Waals surface area contributed by atoms with Crippen molar-refractivity contribution in [2.24, 2.45) is 5.92 Å². The average molecular weight is 285 g/mol. The summed E-state index contributed by atoms with van der Waals surface area (Å²) in [5.74, 6) is 1.12. The van der Waals surface area contributed by atoms with Gasteiger partial charge in [0.15, 0.2) is 0 Å². The van der Waals surface area contributed by atoms with Gasteiger partial charge in [-0.15, -0.1) is 0 Å². The summed E-state index contributed by atoms with van der Waals surface area (Å²) in [5.41, 5.74) is 2.55. The molecule has 2 atom stereocenters. The highest BCUT2D eigenvalue weighted by Gasteiger charge is 2.24. The number of aromatic nitrogens is 3. The second kappa shape index (κ2) is 5.58. The molecule has 21 heavy (non-hydrogen) atoms. The normalized spacial score (nSPS) is 22.6. The van der Waals surface area contributed by atoms with E-state index in [9.17, 15) is 4.79 Å². The van der Waals surface area contributed by atoms with Crippen molar-refractivity contribution >= 4 is 11.0 Å². The number of pyridine rings is 1. The SMILES string of the molecule is CCn1c(=O)nc(C2CCCC(C)C2)c2ccc(C)nc21. The first-order valence-corrected chi connectivity index (χ1v) is 7.98. The third kappa shape index (κ3) is 2.59. The van der Waals surface area contributed by atoms with Gasteiger partial charge in [0, 0.05) is 23.5 Å². The predicted octanol–water partition coefficient (Wildman–Crippen LogP) is 3.41. The minimum Gasteiger partial charge on any atom is -0.276 e. The summed E-state index contributed by atoms with van der Waals surface area (Å²) in [6.07, 6.45) is 4.78. The molecular weight excluding hydrogens is 262 g/mol. The maximum absolute atomic E-state index is 12.3. The molecule has 2 aromatic heterocycles. The van der Waals surface area contributed by atoms with Crippen molar-refractivity contribution in [3.8, 4) is 0 Å². The Labute approximate surface area is 125 Å². The molecule has 0 N–H and O–H groups in total. The van der Waals surface area contributed by atoms with Crippen LogP contribution in [0.4, 0.5) is 0 Å². The van der Waals surface area contributed by atoms with Crippen molar-refractivity contribution in [1.29, 1.82) is 0 Å². The summed E-state index contributed by atoms with van der Waals surface area (Å²) in [6, 6.07) is 4.11. The van der Waals surface area contributed by atoms with Gasteiger partial charge in [0.1, 0.15) is 5.65 Å². The fraction of sp³-hybridized carbons (Fsp3) is 0.588. The number of hydrogen-bond acceptors (Lipinski definition) is 3. The first-order chi connectivity index (χ1) is 10.1. The lowest BCUT2D eigenvalue weighted by Crippen LogP contribution is -2.27. The van der Waals surface area contributed by atoms with E-state index in [1.165, 1.54) is 12.8 Å². The zero-order chi connectivity index (χ0) is 15.0. The van der Waals surface area contributed by atoms with E-state index in [2.05, 4.69) is 23.0 Å². The number of hydrogen-bond donors (Lipinski definition) is 0. The van der Waals surface area contributed by atoms with Crippen molar-refractivity contribution < 1.29 is 0 Å². The lowest BCUT2D eigenvalue weighted by Gasteiger charge is -2.27. The smallest absolute Gasteiger partial charge is 0.276 e. The van der Waals surface area contributed by atoms with Gasteiger partial charge in [-0.1, -0.05) is 19.8 Å². The molecule has 4 heteroatoms. The molecule has 1 saturated carbocycles. The van der Waals surface area contributed by atoms with E-state index in [1.54, 1.807) is 4.57 Å². The first kappa shape index (κ1) is 14.2. The molecule has 0 saturated heterocycles. The molecule has 4 nitrogen and oxygen atoms in total. The van der Waals surface area contributed by atoms with E-state index in [0.29, 0.717) is 18.4 Å². The maximum Gasteiger partial charge on any atom is 0.349 e. The molecule has 2 heterocycles. The number of fused-ring (bicyclic) bond motifs is 1. The van der Waals surface area contributed by atoms with Crippen LogP contribution in [0, 0.1) is 12.8 Å². The highest BCUT2D eigenvalue weighted by molar-refractivity contribution is 5.78. The van der Waals surface area contributed by atoms with E-state index >= 15 is 0 Å². The van der Waals surface area contributed by atoms with Crippen LogP contribution in [0.1, 0.15) is 56.8 Å². The zero-order valence-corrected chi connectivity index (χ0v) is 13.1. The molecule has 2 aromatic rings. The fourth-order valence-corrected chi connectivity index (χ4v) is 3.54. The molecule has 112 valence electrons. The Bertz CT molecular complexity index is 720. The Morgan fingerprint density at radius 1 is 1.29 bits per heavy atom. The molecule has 1 aliphatic carbocycles. The van der Waals surface area contributed by atoms with Crippen molar-refractivity contribution in [3.05, 3.63) is 34.0 Å². The maximum atomic E-state index is 12.3. The van der Waals surface area contributed by atoms with Gasteiger partial charge >= 0.3 is 5.69 Å². The molecule has 3 rings (SSSR count). The minimum atomic E-state index is -0.156. The number of aryl methyl sites for hydroxylation is 2. The molecule has 1 aliphatic rings. The monoisotopic (exact) mass is 285 g/mol. The molecule has 0 aromatic carbocycles. The van der Waals surface area contributed by atoms with Crippen LogP contribution in [0.25, 0.3) is 11.0 Å². The van der Waals surface area contributed by atoms with E-state index < -0.39 is 0 Å². The Balaban J connectivity index is 2.21. The summed E-state index contributed by atoms with van der Waals surface area (Å²) in [7, 11) is 0. The van der Waals surface area contributed by atoms with Crippen LogP contribution in [0.15, 0.2) is 16.9 Å². The fourth-order valence-electron chi connectivity index (χ4n) is 3.54. The van der Waals surface area contributed by atoms with Crippen molar-refractivity contribution in [3.63, 3.8) is 0 Å². The highest BCUT2D eigenvalue weighted by atomic mass is 16.1. The zero-order valence-electron chi connectivity index (χ0n) is 13.1. The molecule has 0 amide bonds. The topological polar surface area (TPSA) is 47.8 Å². The van der Waals surface area contributed by atoms with Crippen LogP contribution in [0.5, 0.6) is 0 Å². The number of nitrogens with zero attached hydrogens (tertiary/aromatic N) is 3. The summed E-state index contributed by atoms with van der Waals surface area (Å²) in [6.45, 7) is 6.84. The van der Waals surface area contributed by atoms with Gasteiger partial charge in [-0.25, -0.2) is 9.78 Å².